The summed E-state index contributed by atoms with van der Waals surface area (Å²) in [5.74, 6) is 0.298. The summed E-state index contributed by atoms with van der Waals surface area (Å²) in [5.41, 5.74) is 0.427. The Bertz CT molecular complexity index is 969. The first-order valence-electron chi connectivity index (χ1n) is 9.77. The van der Waals surface area contributed by atoms with Gasteiger partial charge in [0.05, 0.1) is 17.1 Å². The van der Waals surface area contributed by atoms with Gasteiger partial charge in [0.15, 0.2) is 0 Å². The average molecular weight is 448 g/mol. The molecule has 1 aliphatic heterocycles. The Morgan fingerprint density at radius 1 is 1.23 bits per heavy atom. The number of anilines is 2. The maximum absolute atomic E-state index is 12.6. The minimum Gasteiger partial charge on any atom is -0.462 e. The number of ether oxygens (including phenoxy) is 1. The Morgan fingerprint density at radius 3 is 2.71 bits per heavy atom. The first-order chi connectivity index (χ1) is 14.9. The van der Waals surface area contributed by atoms with Gasteiger partial charge in [0, 0.05) is 44.1 Å². The van der Waals surface area contributed by atoms with E-state index in [-0.39, 0.29) is 16.7 Å². The molecular weight excluding hydrogens is 426 g/mol. The van der Waals surface area contributed by atoms with E-state index in [2.05, 4.69) is 10.3 Å². The molecule has 0 bridgehead atoms. The van der Waals surface area contributed by atoms with E-state index in [1.165, 1.54) is 24.4 Å². The van der Waals surface area contributed by atoms with E-state index < -0.39 is 10.9 Å². The topological polar surface area (TPSA) is 118 Å². The van der Waals surface area contributed by atoms with Crippen molar-refractivity contribution in [3.8, 4) is 0 Å². The van der Waals surface area contributed by atoms with E-state index >= 15 is 0 Å². The zero-order valence-electron chi connectivity index (χ0n) is 16.9. The summed E-state index contributed by atoms with van der Waals surface area (Å²) in [7, 11) is 0. The number of esters is 1. The number of rotatable bonds is 5. The van der Waals surface area contributed by atoms with Gasteiger partial charge in [0.25, 0.3) is 5.69 Å². The predicted octanol–water partition coefficient (Wildman–Crippen LogP) is 3.56. The minimum absolute atomic E-state index is 0.00916. The van der Waals surface area contributed by atoms with Crippen molar-refractivity contribution in [1.82, 2.24) is 9.88 Å². The lowest BCUT2D eigenvalue weighted by Crippen LogP contribution is -2.38. The quantitative estimate of drug-likeness (QED) is 0.423. The van der Waals surface area contributed by atoms with E-state index in [9.17, 15) is 19.7 Å². The summed E-state index contributed by atoms with van der Waals surface area (Å²) in [5, 5.41) is 13.7. The second-order valence-electron chi connectivity index (χ2n) is 6.81. The van der Waals surface area contributed by atoms with Crippen molar-refractivity contribution in [2.75, 3.05) is 43.0 Å². The van der Waals surface area contributed by atoms with Crippen LogP contribution in [0.25, 0.3) is 0 Å². The molecule has 0 aliphatic carbocycles. The molecule has 31 heavy (non-hydrogen) atoms. The molecule has 10 nitrogen and oxygen atoms in total. The number of pyridine rings is 1. The number of amides is 2. The Balaban J connectivity index is 1.61. The van der Waals surface area contributed by atoms with Gasteiger partial charge in [-0.1, -0.05) is 11.6 Å². The fourth-order valence-corrected chi connectivity index (χ4v) is 3.38. The van der Waals surface area contributed by atoms with Gasteiger partial charge in [-0.05, 0) is 37.6 Å². The largest absolute Gasteiger partial charge is 0.462 e. The fraction of sp³-hybridized carbons (Fsp3) is 0.350. The zero-order valence-corrected chi connectivity index (χ0v) is 17.7. The third-order valence-corrected chi connectivity index (χ3v) is 5.08. The fourth-order valence-electron chi connectivity index (χ4n) is 3.19. The molecule has 0 atom stereocenters. The Hall–Kier alpha value is -3.40. The molecule has 2 amide bonds. The highest BCUT2D eigenvalue weighted by atomic mass is 35.5. The first-order valence-corrected chi connectivity index (χ1v) is 10.1. The van der Waals surface area contributed by atoms with Crippen LogP contribution in [0.4, 0.5) is 22.0 Å². The van der Waals surface area contributed by atoms with Gasteiger partial charge < -0.3 is 19.9 Å². The van der Waals surface area contributed by atoms with Gasteiger partial charge in [-0.25, -0.2) is 14.6 Å². The van der Waals surface area contributed by atoms with Crippen LogP contribution in [0, 0.1) is 10.1 Å². The summed E-state index contributed by atoms with van der Waals surface area (Å²) in [6, 6.07) is 7.22. The predicted molar refractivity (Wildman–Crippen MR) is 116 cm³/mol. The molecule has 1 saturated heterocycles. The van der Waals surface area contributed by atoms with Crippen LogP contribution < -0.4 is 10.2 Å². The molecule has 3 rings (SSSR count). The lowest BCUT2D eigenvalue weighted by molar-refractivity contribution is -0.384. The number of nitro benzene ring substituents is 1. The number of urea groups is 1. The van der Waals surface area contributed by atoms with E-state index in [0.29, 0.717) is 49.9 Å². The second-order valence-corrected chi connectivity index (χ2v) is 7.21. The number of aromatic nitrogens is 1. The zero-order chi connectivity index (χ0) is 22.4. The maximum atomic E-state index is 12.6. The van der Waals surface area contributed by atoms with Crippen molar-refractivity contribution >= 4 is 40.8 Å². The van der Waals surface area contributed by atoms with E-state index in [1.54, 1.807) is 24.0 Å². The van der Waals surface area contributed by atoms with Gasteiger partial charge in [0.1, 0.15) is 10.8 Å². The van der Waals surface area contributed by atoms with E-state index in [1.807, 2.05) is 4.90 Å². The number of carbonyl (C=O) groups excluding carboxylic acids is 2. The maximum Gasteiger partial charge on any atom is 0.339 e. The smallest absolute Gasteiger partial charge is 0.339 e. The van der Waals surface area contributed by atoms with Crippen LogP contribution in [-0.2, 0) is 4.74 Å². The number of nitrogens with one attached hydrogen (secondary N) is 1. The van der Waals surface area contributed by atoms with Crippen molar-refractivity contribution in [1.29, 1.82) is 0 Å². The third-order valence-electron chi connectivity index (χ3n) is 4.76. The SMILES string of the molecule is CCOC(=O)c1ccc(N2CCCN(C(=O)Nc3ccc(Cl)c([N+](=O)[O-])c3)CC2)nc1. The molecular formula is C20H22ClN5O5. The van der Waals surface area contributed by atoms with Crippen LogP contribution >= 0.6 is 11.6 Å². The number of nitro groups is 1. The molecule has 0 spiro atoms. The van der Waals surface area contributed by atoms with Gasteiger partial charge in [-0.3, -0.25) is 10.1 Å². The molecule has 2 aromatic rings. The van der Waals surface area contributed by atoms with Gasteiger partial charge in [-0.15, -0.1) is 0 Å². The molecule has 1 fully saturated rings. The summed E-state index contributed by atoms with van der Waals surface area (Å²) >= 11 is 5.81. The van der Waals surface area contributed by atoms with Crippen molar-refractivity contribution in [2.24, 2.45) is 0 Å². The first kappa shape index (κ1) is 22.3. The van der Waals surface area contributed by atoms with Crippen molar-refractivity contribution in [3.63, 3.8) is 0 Å². The van der Waals surface area contributed by atoms with Crippen LogP contribution in [0.15, 0.2) is 36.5 Å². The summed E-state index contributed by atoms with van der Waals surface area (Å²) < 4.78 is 4.96. The second kappa shape index (κ2) is 10.1. The van der Waals surface area contributed by atoms with Crippen LogP contribution in [0.5, 0.6) is 0 Å². The highest BCUT2D eigenvalue weighted by molar-refractivity contribution is 6.32. The normalized spacial score (nSPS) is 14.0. The van der Waals surface area contributed by atoms with Crippen LogP contribution in [0.3, 0.4) is 0 Å². The minimum atomic E-state index is -0.595. The number of carbonyl (C=O) groups is 2. The van der Waals surface area contributed by atoms with Gasteiger partial charge >= 0.3 is 12.0 Å². The van der Waals surface area contributed by atoms with Crippen molar-refractivity contribution in [3.05, 3.63) is 57.2 Å². The number of hydrogen-bond acceptors (Lipinski definition) is 7. The van der Waals surface area contributed by atoms with Crippen molar-refractivity contribution in [2.45, 2.75) is 13.3 Å². The summed E-state index contributed by atoms with van der Waals surface area (Å²) in [6.07, 6.45) is 2.20. The number of halogens is 1. The summed E-state index contributed by atoms with van der Waals surface area (Å²) in [6.45, 7) is 4.27. The number of benzene rings is 1. The molecule has 1 aliphatic rings. The number of hydrogen-bond donors (Lipinski definition) is 1. The molecule has 11 heteroatoms. The Morgan fingerprint density at radius 2 is 2.03 bits per heavy atom. The lowest BCUT2D eigenvalue weighted by atomic mass is 10.2. The van der Waals surface area contributed by atoms with E-state index in [0.717, 1.165) is 6.42 Å². The van der Waals surface area contributed by atoms with Gasteiger partial charge in [0.2, 0.25) is 0 Å². The van der Waals surface area contributed by atoms with E-state index in [4.69, 9.17) is 16.3 Å². The molecule has 164 valence electrons. The van der Waals surface area contributed by atoms with Crippen LogP contribution in [0.2, 0.25) is 5.02 Å². The molecule has 2 heterocycles. The van der Waals surface area contributed by atoms with Crippen LogP contribution in [-0.4, -0.2) is 59.6 Å². The Kier molecular flexibility index (Phi) is 7.24. The number of nitrogens with zero attached hydrogens (tertiary/aromatic N) is 4. The third kappa shape index (κ3) is 5.60. The molecule has 1 N–H and O–H groups in total. The van der Waals surface area contributed by atoms with Crippen molar-refractivity contribution < 1.29 is 19.2 Å². The lowest BCUT2D eigenvalue weighted by Gasteiger charge is -2.23. The standard InChI is InChI=1S/C20H22ClN5O5/c1-2-31-19(27)14-4-7-18(22-13-14)24-8-3-9-25(11-10-24)20(28)23-15-5-6-16(21)17(12-15)26(29)30/h4-7,12-13H,2-3,8-11H2,1H3,(H,23,28). The molecule has 0 unspecified atom stereocenters. The highest BCUT2D eigenvalue weighted by Crippen LogP contribution is 2.27. The van der Waals surface area contributed by atoms with Crippen LogP contribution in [0.1, 0.15) is 23.7 Å². The monoisotopic (exact) mass is 447 g/mol. The molecule has 0 radical (unpaired) electrons. The molecule has 1 aromatic heterocycles. The molecule has 1 aromatic carbocycles. The molecule has 0 saturated carbocycles. The summed E-state index contributed by atoms with van der Waals surface area (Å²) in [4.78, 5) is 42.9. The highest BCUT2D eigenvalue weighted by Gasteiger charge is 2.21. The Labute approximate surface area is 183 Å². The average Bonchev–Trinajstić information content (AvgIpc) is 3.01. The van der Waals surface area contributed by atoms with Gasteiger partial charge in [-0.2, -0.15) is 0 Å².